The number of urea groups is 1. The molecule has 0 spiro atoms. The minimum atomic E-state index is -0.288. The number of amides is 4. The average molecular weight is 401 g/mol. The average Bonchev–Trinajstić information content (AvgIpc) is 3.41. The smallest absolute Gasteiger partial charge is 0.353 e. The lowest BCUT2D eigenvalue weighted by atomic mass is 9.92. The second-order valence-corrected chi connectivity index (χ2v) is 8.31. The molecule has 2 saturated carbocycles. The van der Waals surface area contributed by atoms with Crippen LogP contribution in [0, 0.1) is 5.92 Å². The number of aromatic nitrogens is 2. The van der Waals surface area contributed by atoms with E-state index in [0.29, 0.717) is 6.54 Å². The van der Waals surface area contributed by atoms with Gasteiger partial charge in [0.25, 0.3) is 5.91 Å². The fourth-order valence-corrected chi connectivity index (χ4v) is 4.88. The fraction of sp³-hybridized carbons (Fsp3) is 0.667. The number of carbonyl (C=O) groups is 3. The Hall–Kier alpha value is -2.51. The molecule has 0 radical (unpaired) electrons. The Kier molecular flexibility index (Phi) is 6.06. The first-order valence-corrected chi connectivity index (χ1v) is 10.9. The van der Waals surface area contributed by atoms with Gasteiger partial charge in [0.05, 0.1) is 12.0 Å². The highest BCUT2D eigenvalue weighted by Gasteiger charge is 2.52. The predicted molar refractivity (Wildman–Crippen MR) is 106 cm³/mol. The highest BCUT2D eigenvalue weighted by molar-refractivity contribution is 6.12. The van der Waals surface area contributed by atoms with Crippen LogP contribution < -0.4 is 5.32 Å². The van der Waals surface area contributed by atoms with Gasteiger partial charge in [0, 0.05) is 31.9 Å². The number of nitrogens with one attached hydrogen (secondary N) is 1. The summed E-state index contributed by atoms with van der Waals surface area (Å²) in [6.45, 7) is 1.33. The van der Waals surface area contributed by atoms with Crippen molar-refractivity contribution in [2.75, 3.05) is 13.1 Å². The maximum absolute atomic E-state index is 13.2. The summed E-state index contributed by atoms with van der Waals surface area (Å²) in [4.78, 5) is 44.3. The first-order chi connectivity index (χ1) is 14.1. The minimum absolute atomic E-state index is 0.00619. The molecule has 1 unspecified atom stereocenters. The molecular formula is C21H30N5O3+. The molecule has 1 atom stereocenters. The van der Waals surface area contributed by atoms with Gasteiger partial charge in [0.15, 0.2) is 6.54 Å². The molecule has 0 aromatic carbocycles. The summed E-state index contributed by atoms with van der Waals surface area (Å²) in [7, 11) is 0. The molecule has 2 fully saturated rings. The second kappa shape index (κ2) is 8.88. The maximum atomic E-state index is 13.2. The van der Waals surface area contributed by atoms with Crippen LogP contribution in [0.25, 0.3) is 0 Å². The van der Waals surface area contributed by atoms with Crippen molar-refractivity contribution in [3.63, 3.8) is 0 Å². The molecule has 8 heteroatoms. The van der Waals surface area contributed by atoms with E-state index >= 15 is 0 Å². The summed E-state index contributed by atoms with van der Waals surface area (Å²) in [5.41, 5.74) is 0.848. The topological polar surface area (TPSA) is 87.3 Å². The van der Waals surface area contributed by atoms with Crippen molar-refractivity contribution in [1.29, 1.82) is 0 Å². The zero-order valence-electron chi connectivity index (χ0n) is 16.9. The van der Waals surface area contributed by atoms with Crippen molar-refractivity contribution in [3.05, 3.63) is 18.7 Å². The van der Waals surface area contributed by atoms with E-state index in [4.69, 9.17) is 0 Å². The van der Waals surface area contributed by atoms with E-state index in [9.17, 15) is 14.4 Å². The third kappa shape index (κ3) is 4.26. The number of imidazole rings is 1. The molecule has 0 bridgehead atoms. The summed E-state index contributed by atoms with van der Waals surface area (Å²) >= 11 is 0. The monoisotopic (exact) mass is 400 g/mol. The van der Waals surface area contributed by atoms with Crippen LogP contribution in [0.2, 0.25) is 0 Å². The molecule has 4 rings (SSSR count). The van der Waals surface area contributed by atoms with Crippen LogP contribution in [0.4, 0.5) is 4.79 Å². The van der Waals surface area contributed by atoms with Crippen LogP contribution in [0.5, 0.6) is 0 Å². The molecule has 4 amide bonds. The van der Waals surface area contributed by atoms with E-state index in [0.717, 1.165) is 63.6 Å². The number of rotatable bonds is 7. The van der Waals surface area contributed by atoms with Gasteiger partial charge in [-0.15, -0.1) is 0 Å². The molecule has 29 heavy (non-hydrogen) atoms. The summed E-state index contributed by atoms with van der Waals surface area (Å²) < 4.78 is 3.56. The molecular weight excluding hydrogens is 370 g/mol. The van der Waals surface area contributed by atoms with Crippen molar-refractivity contribution >= 4 is 23.6 Å². The Morgan fingerprint density at radius 3 is 2.76 bits per heavy atom. The van der Waals surface area contributed by atoms with Crippen LogP contribution >= 0.6 is 0 Å². The quantitative estimate of drug-likeness (QED) is 0.560. The highest BCUT2D eigenvalue weighted by Crippen LogP contribution is 2.32. The first-order valence-electron chi connectivity index (χ1n) is 10.9. The second-order valence-electron chi connectivity index (χ2n) is 8.31. The molecule has 0 saturated heterocycles. The molecule has 3 aliphatic rings. The van der Waals surface area contributed by atoms with Gasteiger partial charge < -0.3 is 9.88 Å². The van der Waals surface area contributed by atoms with Gasteiger partial charge in [0.2, 0.25) is 0 Å². The van der Waals surface area contributed by atoms with Gasteiger partial charge in [-0.25, -0.2) is 9.78 Å². The third-order valence-electron chi connectivity index (χ3n) is 6.36. The van der Waals surface area contributed by atoms with Crippen LogP contribution in [0.1, 0.15) is 57.8 Å². The van der Waals surface area contributed by atoms with Crippen LogP contribution in [-0.2, 0) is 16.1 Å². The molecule has 1 aromatic heterocycles. The van der Waals surface area contributed by atoms with Crippen molar-refractivity contribution in [1.82, 2.24) is 19.8 Å². The zero-order valence-corrected chi connectivity index (χ0v) is 16.9. The van der Waals surface area contributed by atoms with Gasteiger partial charge in [-0.05, 0) is 44.9 Å². The van der Waals surface area contributed by atoms with Crippen LogP contribution in [0.3, 0.4) is 0 Å². The largest absolute Gasteiger partial charge is 0.501 e. The normalized spacial score (nSPS) is 22.9. The van der Waals surface area contributed by atoms with Gasteiger partial charge >= 0.3 is 11.9 Å². The number of fused-ring (bicyclic) bond motifs is 1. The lowest BCUT2D eigenvalue weighted by Gasteiger charge is -2.31. The molecule has 2 aliphatic carbocycles. The number of carbonyl (C=O) groups excluding carboxylic acids is 3. The molecule has 1 aromatic rings. The minimum Gasteiger partial charge on any atom is -0.353 e. The third-order valence-corrected chi connectivity index (χ3v) is 6.36. The Morgan fingerprint density at radius 2 is 2.00 bits per heavy atom. The van der Waals surface area contributed by atoms with E-state index < -0.39 is 0 Å². The highest BCUT2D eigenvalue weighted by atomic mass is 16.2. The number of imide groups is 1. The molecule has 1 aliphatic heterocycles. The SMILES string of the molecule is O=C(C[N+]1=C2CCCC2C(=O)N(C2CCCCC2)C1=O)NCCCn1ccnc1. The van der Waals surface area contributed by atoms with E-state index in [-0.39, 0.29) is 36.3 Å². The Balaban J connectivity index is 1.40. The Labute approximate surface area is 171 Å². The van der Waals surface area contributed by atoms with E-state index in [2.05, 4.69) is 10.3 Å². The molecule has 156 valence electrons. The first kappa shape index (κ1) is 19.8. The van der Waals surface area contributed by atoms with Gasteiger partial charge in [-0.1, -0.05) is 6.42 Å². The molecule has 1 N–H and O–H groups in total. The van der Waals surface area contributed by atoms with Gasteiger partial charge in [-0.3, -0.25) is 4.79 Å². The number of hydrogen-bond acceptors (Lipinski definition) is 4. The van der Waals surface area contributed by atoms with Crippen LogP contribution in [-0.4, -0.2) is 61.7 Å². The number of aryl methyl sites for hydroxylation is 1. The summed E-state index contributed by atoms with van der Waals surface area (Å²) in [5, 5.41) is 2.92. The number of hydrogen-bond donors (Lipinski definition) is 1. The number of nitrogens with zero attached hydrogens (tertiary/aromatic N) is 4. The Bertz CT molecular complexity index is 795. The lowest BCUT2D eigenvalue weighted by molar-refractivity contribution is -0.431. The van der Waals surface area contributed by atoms with Crippen LogP contribution in [0.15, 0.2) is 18.7 Å². The summed E-state index contributed by atoms with van der Waals surface area (Å²) in [6.07, 6.45) is 13.6. The van der Waals surface area contributed by atoms with E-state index in [1.165, 1.54) is 11.3 Å². The molecule has 2 heterocycles. The Morgan fingerprint density at radius 1 is 1.17 bits per heavy atom. The van der Waals surface area contributed by atoms with Crippen molar-refractivity contribution in [3.8, 4) is 0 Å². The zero-order chi connectivity index (χ0) is 20.2. The fourth-order valence-electron chi connectivity index (χ4n) is 4.88. The van der Waals surface area contributed by atoms with Crippen molar-refractivity contribution < 1.29 is 19.0 Å². The molecule has 8 nitrogen and oxygen atoms in total. The predicted octanol–water partition coefficient (Wildman–Crippen LogP) is 1.94. The lowest BCUT2D eigenvalue weighted by Crippen LogP contribution is -2.58. The van der Waals surface area contributed by atoms with Gasteiger partial charge in [-0.2, -0.15) is 14.3 Å². The van der Waals surface area contributed by atoms with E-state index in [1.807, 2.05) is 10.8 Å². The van der Waals surface area contributed by atoms with E-state index in [1.54, 1.807) is 17.1 Å². The summed E-state index contributed by atoms with van der Waals surface area (Å²) in [5.74, 6) is -0.421. The standard InChI is InChI=1S/C21H29N5O3/c27-19(23-10-5-12-24-13-11-22-15-24)14-25-18-9-4-8-17(18)20(28)26(21(25)29)16-6-2-1-3-7-16/h11,13,15-17H,1-10,12,14H2/p+1. The van der Waals surface area contributed by atoms with Crippen molar-refractivity contribution in [2.45, 2.75) is 70.4 Å². The summed E-state index contributed by atoms with van der Waals surface area (Å²) in [6, 6.07) is -0.296. The van der Waals surface area contributed by atoms with Gasteiger partial charge in [0.1, 0.15) is 12.0 Å². The van der Waals surface area contributed by atoms with Crippen molar-refractivity contribution in [2.24, 2.45) is 5.92 Å². The maximum Gasteiger partial charge on any atom is 0.501 e.